The van der Waals surface area contributed by atoms with Gasteiger partial charge >= 0.3 is 6.09 Å². The second-order valence-corrected chi connectivity index (χ2v) is 7.06. The standard InChI is InChI=1S/C19H21ClFNO4/c1-19(2,3)26-18(24)22-15-9-8-11(20)10-13(15)16(23)12-6-5-7-14(21)17(12)25-4/h5-10,16,23H,1-4H3,(H,22,24). The van der Waals surface area contributed by atoms with Crippen LogP contribution in [0.4, 0.5) is 14.9 Å². The molecule has 0 aromatic heterocycles. The van der Waals surface area contributed by atoms with Crippen molar-refractivity contribution in [3.63, 3.8) is 0 Å². The number of methoxy groups -OCH3 is 1. The Hall–Kier alpha value is -2.31. The van der Waals surface area contributed by atoms with E-state index in [1.165, 1.54) is 37.4 Å². The summed E-state index contributed by atoms with van der Waals surface area (Å²) in [5, 5.41) is 13.7. The number of ether oxygens (including phenoxy) is 2. The lowest BCUT2D eigenvalue weighted by molar-refractivity contribution is 0.0635. The molecule has 2 N–H and O–H groups in total. The van der Waals surface area contributed by atoms with Gasteiger partial charge in [-0.15, -0.1) is 0 Å². The quantitative estimate of drug-likeness (QED) is 0.789. The van der Waals surface area contributed by atoms with Gasteiger partial charge in [-0.1, -0.05) is 23.7 Å². The Morgan fingerprint density at radius 1 is 1.23 bits per heavy atom. The molecule has 7 heteroatoms. The van der Waals surface area contributed by atoms with Crippen LogP contribution in [0, 0.1) is 5.82 Å². The molecular weight excluding hydrogens is 361 g/mol. The third-order valence-electron chi connectivity index (χ3n) is 3.44. The minimum absolute atomic E-state index is 0.0804. The van der Waals surface area contributed by atoms with Crippen LogP contribution in [-0.2, 0) is 4.74 Å². The van der Waals surface area contributed by atoms with Crippen molar-refractivity contribution < 1.29 is 23.8 Å². The number of hydrogen-bond acceptors (Lipinski definition) is 4. The number of hydrogen-bond donors (Lipinski definition) is 2. The van der Waals surface area contributed by atoms with Crippen molar-refractivity contribution in [2.24, 2.45) is 0 Å². The van der Waals surface area contributed by atoms with Crippen LogP contribution in [-0.4, -0.2) is 23.9 Å². The topological polar surface area (TPSA) is 67.8 Å². The molecule has 0 aliphatic carbocycles. The van der Waals surface area contributed by atoms with Crippen LogP contribution < -0.4 is 10.1 Å². The number of benzene rings is 2. The zero-order chi connectivity index (χ0) is 19.5. The first-order valence-corrected chi connectivity index (χ1v) is 8.30. The van der Waals surface area contributed by atoms with Crippen molar-refractivity contribution >= 4 is 23.4 Å². The molecule has 0 spiro atoms. The minimum Gasteiger partial charge on any atom is -0.493 e. The molecule has 2 aromatic rings. The summed E-state index contributed by atoms with van der Waals surface area (Å²) >= 11 is 6.04. The SMILES string of the molecule is COc1c(F)cccc1C(O)c1cc(Cl)ccc1NC(=O)OC(C)(C)C. The summed E-state index contributed by atoms with van der Waals surface area (Å²) in [5.74, 6) is -0.684. The van der Waals surface area contributed by atoms with Crippen molar-refractivity contribution in [3.8, 4) is 5.75 Å². The maximum absolute atomic E-state index is 14.0. The lowest BCUT2D eigenvalue weighted by Crippen LogP contribution is -2.27. The van der Waals surface area contributed by atoms with E-state index in [0.29, 0.717) is 10.7 Å². The van der Waals surface area contributed by atoms with Crippen LogP contribution in [0.3, 0.4) is 0 Å². The molecule has 0 aliphatic rings. The molecule has 0 radical (unpaired) electrons. The van der Waals surface area contributed by atoms with Crippen LogP contribution in [0.2, 0.25) is 5.02 Å². The molecule has 2 rings (SSSR count). The first-order chi connectivity index (χ1) is 12.1. The summed E-state index contributed by atoms with van der Waals surface area (Å²) < 4.78 is 24.2. The van der Waals surface area contributed by atoms with E-state index in [4.69, 9.17) is 21.1 Å². The molecule has 2 aromatic carbocycles. The molecule has 0 fully saturated rings. The molecule has 26 heavy (non-hydrogen) atoms. The zero-order valence-electron chi connectivity index (χ0n) is 15.0. The van der Waals surface area contributed by atoms with E-state index in [-0.39, 0.29) is 16.9 Å². The largest absolute Gasteiger partial charge is 0.493 e. The molecule has 1 atom stereocenters. The molecule has 0 saturated carbocycles. The van der Waals surface area contributed by atoms with Gasteiger partial charge in [-0.05, 0) is 45.0 Å². The highest BCUT2D eigenvalue weighted by molar-refractivity contribution is 6.30. The number of aliphatic hydroxyl groups excluding tert-OH is 1. The monoisotopic (exact) mass is 381 g/mol. The van der Waals surface area contributed by atoms with Crippen LogP contribution in [0.5, 0.6) is 5.75 Å². The molecule has 1 unspecified atom stereocenters. The molecule has 5 nitrogen and oxygen atoms in total. The van der Waals surface area contributed by atoms with Gasteiger partial charge in [0.1, 0.15) is 11.7 Å². The third-order valence-corrected chi connectivity index (χ3v) is 3.68. The van der Waals surface area contributed by atoms with Gasteiger partial charge in [0.2, 0.25) is 0 Å². The van der Waals surface area contributed by atoms with E-state index in [1.54, 1.807) is 26.8 Å². The van der Waals surface area contributed by atoms with Gasteiger partial charge < -0.3 is 14.6 Å². The number of rotatable bonds is 4. The highest BCUT2D eigenvalue weighted by atomic mass is 35.5. The van der Waals surface area contributed by atoms with E-state index in [0.717, 1.165) is 0 Å². The van der Waals surface area contributed by atoms with E-state index < -0.39 is 23.6 Å². The van der Waals surface area contributed by atoms with Gasteiger partial charge in [-0.2, -0.15) is 0 Å². The maximum Gasteiger partial charge on any atom is 0.412 e. The number of para-hydroxylation sites is 1. The predicted molar refractivity (Wildman–Crippen MR) is 98.3 cm³/mol. The van der Waals surface area contributed by atoms with Gasteiger partial charge in [0.15, 0.2) is 11.6 Å². The second-order valence-electron chi connectivity index (χ2n) is 6.62. The lowest BCUT2D eigenvalue weighted by Gasteiger charge is -2.22. The fourth-order valence-electron chi connectivity index (χ4n) is 2.41. The van der Waals surface area contributed by atoms with Gasteiger partial charge in [-0.25, -0.2) is 9.18 Å². The van der Waals surface area contributed by atoms with Gasteiger partial charge in [0.25, 0.3) is 0 Å². The average molecular weight is 382 g/mol. The maximum atomic E-state index is 14.0. The number of carbonyl (C=O) groups is 1. The third kappa shape index (κ3) is 4.86. The highest BCUT2D eigenvalue weighted by Crippen LogP contribution is 2.36. The average Bonchev–Trinajstić information content (AvgIpc) is 2.53. The predicted octanol–water partition coefficient (Wildman–Crippen LogP) is 4.92. The molecular formula is C19H21ClFNO4. The summed E-state index contributed by atoms with van der Waals surface area (Å²) in [5.41, 5.74) is 0.109. The fraction of sp³-hybridized carbons (Fsp3) is 0.316. The lowest BCUT2D eigenvalue weighted by atomic mass is 9.98. The molecule has 0 saturated heterocycles. The Balaban J connectivity index is 2.41. The number of nitrogens with one attached hydrogen (secondary N) is 1. The van der Waals surface area contributed by atoms with Crippen molar-refractivity contribution in [1.82, 2.24) is 0 Å². The van der Waals surface area contributed by atoms with Crippen LogP contribution in [0.15, 0.2) is 36.4 Å². The first-order valence-electron chi connectivity index (χ1n) is 7.92. The van der Waals surface area contributed by atoms with Crippen molar-refractivity contribution in [1.29, 1.82) is 0 Å². The summed E-state index contributed by atoms with van der Waals surface area (Å²) in [6.07, 6.45) is -1.95. The van der Waals surface area contributed by atoms with Crippen LogP contribution in [0.1, 0.15) is 38.0 Å². The zero-order valence-corrected chi connectivity index (χ0v) is 15.7. The smallest absolute Gasteiger partial charge is 0.412 e. The van der Waals surface area contributed by atoms with Gasteiger partial charge in [0, 0.05) is 16.1 Å². The van der Waals surface area contributed by atoms with Crippen LogP contribution >= 0.6 is 11.6 Å². The number of aliphatic hydroxyl groups is 1. The first kappa shape index (κ1) is 20.0. The van der Waals surface area contributed by atoms with E-state index in [2.05, 4.69) is 5.32 Å². The molecule has 0 bridgehead atoms. The Bertz CT molecular complexity index is 805. The Morgan fingerprint density at radius 2 is 1.92 bits per heavy atom. The molecule has 0 heterocycles. The van der Waals surface area contributed by atoms with E-state index >= 15 is 0 Å². The summed E-state index contributed by atoms with van der Waals surface area (Å²) in [6, 6.07) is 8.81. The van der Waals surface area contributed by atoms with Crippen molar-refractivity contribution in [2.75, 3.05) is 12.4 Å². The van der Waals surface area contributed by atoms with Gasteiger partial charge in [-0.3, -0.25) is 5.32 Å². The van der Waals surface area contributed by atoms with Crippen molar-refractivity contribution in [3.05, 3.63) is 58.4 Å². The Morgan fingerprint density at radius 3 is 2.54 bits per heavy atom. The summed E-state index contributed by atoms with van der Waals surface area (Å²) in [7, 11) is 1.31. The number of anilines is 1. The van der Waals surface area contributed by atoms with Crippen LogP contribution in [0.25, 0.3) is 0 Å². The highest BCUT2D eigenvalue weighted by Gasteiger charge is 2.23. The molecule has 0 aliphatic heterocycles. The fourth-order valence-corrected chi connectivity index (χ4v) is 2.59. The second kappa shape index (κ2) is 7.93. The van der Waals surface area contributed by atoms with E-state index in [1.807, 2.05) is 0 Å². The summed E-state index contributed by atoms with van der Waals surface area (Å²) in [6.45, 7) is 5.21. The number of halogens is 2. The Kier molecular flexibility index (Phi) is 6.10. The molecule has 1 amide bonds. The minimum atomic E-state index is -1.27. The van der Waals surface area contributed by atoms with Gasteiger partial charge in [0.05, 0.1) is 12.8 Å². The van der Waals surface area contributed by atoms with E-state index in [9.17, 15) is 14.3 Å². The number of amides is 1. The summed E-state index contributed by atoms with van der Waals surface area (Å²) in [4.78, 5) is 12.1. The Labute approximate surface area is 156 Å². The normalized spacial score (nSPS) is 12.4. The molecule has 140 valence electrons. The number of carbonyl (C=O) groups excluding carboxylic acids is 1. The van der Waals surface area contributed by atoms with Crippen molar-refractivity contribution in [2.45, 2.75) is 32.5 Å².